The van der Waals surface area contributed by atoms with Gasteiger partial charge in [-0.3, -0.25) is 4.79 Å². The van der Waals surface area contributed by atoms with Gasteiger partial charge in [-0.15, -0.1) is 0 Å². The van der Waals surface area contributed by atoms with Gasteiger partial charge < -0.3 is 20.5 Å². The Morgan fingerprint density at radius 3 is 2.64 bits per heavy atom. The fraction of sp³-hybridized carbons (Fsp3) is 0.235. The molecular formula is C17H20N2O3. The van der Waals surface area contributed by atoms with E-state index >= 15 is 0 Å². The topological polar surface area (TPSA) is 73.6 Å². The van der Waals surface area contributed by atoms with Crippen LogP contribution in [-0.4, -0.2) is 25.7 Å². The second-order valence-corrected chi connectivity index (χ2v) is 4.84. The highest BCUT2D eigenvalue weighted by Gasteiger charge is 2.05. The number of amides is 1. The molecule has 0 bridgehead atoms. The maximum Gasteiger partial charge on any atom is 0.250 e. The van der Waals surface area contributed by atoms with Crippen molar-refractivity contribution in [3.05, 3.63) is 54.1 Å². The zero-order valence-corrected chi connectivity index (χ0v) is 12.5. The van der Waals surface area contributed by atoms with Crippen LogP contribution in [0, 0.1) is 6.92 Å². The SMILES string of the molecule is Cc1cc(N)ccc1NC(=O)COCCOc1ccccc1. The molecule has 0 spiro atoms. The van der Waals surface area contributed by atoms with Crippen LogP contribution in [0.1, 0.15) is 5.56 Å². The molecule has 0 atom stereocenters. The number of aryl methyl sites for hydroxylation is 1. The average molecular weight is 300 g/mol. The molecule has 2 aromatic carbocycles. The number of ether oxygens (including phenoxy) is 2. The predicted molar refractivity (Wildman–Crippen MR) is 87.0 cm³/mol. The van der Waals surface area contributed by atoms with E-state index in [0.29, 0.717) is 18.9 Å². The van der Waals surface area contributed by atoms with E-state index in [1.807, 2.05) is 43.3 Å². The Morgan fingerprint density at radius 2 is 1.91 bits per heavy atom. The number of carbonyl (C=O) groups excluding carboxylic acids is 1. The molecule has 0 aliphatic carbocycles. The Kier molecular flexibility index (Phi) is 5.80. The summed E-state index contributed by atoms with van der Waals surface area (Å²) < 4.78 is 10.8. The summed E-state index contributed by atoms with van der Waals surface area (Å²) in [4.78, 5) is 11.8. The summed E-state index contributed by atoms with van der Waals surface area (Å²) in [5.41, 5.74) is 8.00. The molecular weight excluding hydrogens is 280 g/mol. The highest BCUT2D eigenvalue weighted by atomic mass is 16.5. The number of nitrogens with one attached hydrogen (secondary N) is 1. The predicted octanol–water partition coefficient (Wildman–Crippen LogP) is 2.61. The van der Waals surface area contributed by atoms with E-state index in [9.17, 15) is 4.79 Å². The van der Waals surface area contributed by atoms with Gasteiger partial charge in [0.1, 0.15) is 19.0 Å². The van der Waals surface area contributed by atoms with E-state index in [2.05, 4.69) is 5.32 Å². The molecule has 116 valence electrons. The van der Waals surface area contributed by atoms with Crippen LogP contribution in [0.15, 0.2) is 48.5 Å². The van der Waals surface area contributed by atoms with E-state index in [1.165, 1.54) is 0 Å². The Morgan fingerprint density at radius 1 is 1.14 bits per heavy atom. The third-order valence-corrected chi connectivity index (χ3v) is 3.00. The van der Waals surface area contributed by atoms with E-state index in [1.54, 1.807) is 12.1 Å². The van der Waals surface area contributed by atoms with Crippen molar-refractivity contribution >= 4 is 17.3 Å². The Labute approximate surface area is 130 Å². The second kappa shape index (κ2) is 8.05. The quantitative estimate of drug-likeness (QED) is 0.609. The number of nitrogen functional groups attached to an aromatic ring is 1. The smallest absolute Gasteiger partial charge is 0.250 e. The number of rotatable bonds is 7. The van der Waals surface area contributed by atoms with Crippen molar-refractivity contribution in [3.63, 3.8) is 0 Å². The number of benzene rings is 2. The van der Waals surface area contributed by atoms with Crippen molar-refractivity contribution in [2.75, 3.05) is 30.9 Å². The highest BCUT2D eigenvalue weighted by Crippen LogP contribution is 2.17. The van der Waals surface area contributed by atoms with E-state index in [4.69, 9.17) is 15.2 Å². The molecule has 0 unspecified atom stereocenters. The van der Waals surface area contributed by atoms with Crippen molar-refractivity contribution in [1.82, 2.24) is 0 Å². The number of hydrogen-bond acceptors (Lipinski definition) is 4. The van der Waals surface area contributed by atoms with Crippen molar-refractivity contribution < 1.29 is 14.3 Å². The molecule has 1 amide bonds. The molecule has 0 aliphatic heterocycles. The normalized spacial score (nSPS) is 10.2. The molecule has 5 nitrogen and oxygen atoms in total. The maximum atomic E-state index is 11.8. The van der Waals surface area contributed by atoms with E-state index in [-0.39, 0.29) is 12.5 Å². The summed E-state index contributed by atoms with van der Waals surface area (Å²) in [6, 6.07) is 14.8. The van der Waals surface area contributed by atoms with Crippen LogP contribution in [-0.2, 0) is 9.53 Å². The van der Waals surface area contributed by atoms with Gasteiger partial charge in [-0.1, -0.05) is 18.2 Å². The first-order valence-corrected chi connectivity index (χ1v) is 7.07. The summed E-state index contributed by atoms with van der Waals surface area (Å²) in [7, 11) is 0. The molecule has 5 heteroatoms. The van der Waals surface area contributed by atoms with Crippen LogP contribution in [0.3, 0.4) is 0 Å². The molecule has 3 N–H and O–H groups in total. The molecule has 0 saturated heterocycles. The lowest BCUT2D eigenvalue weighted by atomic mass is 10.2. The molecule has 0 aliphatic rings. The minimum Gasteiger partial charge on any atom is -0.491 e. The highest BCUT2D eigenvalue weighted by molar-refractivity contribution is 5.92. The number of carbonyl (C=O) groups is 1. The molecule has 0 fully saturated rings. The molecule has 2 aromatic rings. The maximum absolute atomic E-state index is 11.8. The summed E-state index contributed by atoms with van der Waals surface area (Å²) >= 11 is 0. The molecule has 2 rings (SSSR count). The number of nitrogens with two attached hydrogens (primary N) is 1. The fourth-order valence-corrected chi connectivity index (χ4v) is 1.91. The first kappa shape index (κ1) is 15.9. The van der Waals surface area contributed by atoms with Gasteiger partial charge in [-0.25, -0.2) is 0 Å². The minimum atomic E-state index is -0.201. The molecule has 0 heterocycles. The monoisotopic (exact) mass is 300 g/mol. The van der Waals surface area contributed by atoms with Gasteiger partial charge in [0.25, 0.3) is 0 Å². The van der Waals surface area contributed by atoms with Crippen molar-refractivity contribution in [3.8, 4) is 5.75 Å². The van der Waals surface area contributed by atoms with Crippen LogP contribution >= 0.6 is 0 Å². The van der Waals surface area contributed by atoms with Gasteiger partial charge in [0.2, 0.25) is 5.91 Å². The summed E-state index contributed by atoms with van der Waals surface area (Å²) in [6.07, 6.45) is 0. The average Bonchev–Trinajstić information content (AvgIpc) is 2.51. The number of para-hydroxylation sites is 1. The molecule has 22 heavy (non-hydrogen) atoms. The zero-order valence-electron chi connectivity index (χ0n) is 12.5. The van der Waals surface area contributed by atoms with Crippen LogP contribution in [0.25, 0.3) is 0 Å². The third kappa shape index (κ3) is 5.10. The van der Waals surface area contributed by atoms with E-state index < -0.39 is 0 Å². The van der Waals surface area contributed by atoms with Crippen molar-refractivity contribution in [1.29, 1.82) is 0 Å². The van der Waals surface area contributed by atoms with Crippen LogP contribution in [0.2, 0.25) is 0 Å². The van der Waals surface area contributed by atoms with Crippen molar-refractivity contribution in [2.45, 2.75) is 6.92 Å². The van der Waals surface area contributed by atoms with Gasteiger partial charge in [0.15, 0.2) is 0 Å². The fourth-order valence-electron chi connectivity index (χ4n) is 1.91. The van der Waals surface area contributed by atoms with Gasteiger partial charge in [-0.2, -0.15) is 0 Å². The Balaban J connectivity index is 1.65. The number of hydrogen-bond donors (Lipinski definition) is 2. The third-order valence-electron chi connectivity index (χ3n) is 3.00. The Bertz CT molecular complexity index is 615. The molecule has 0 radical (unpaired) electrons. The lowest BCUT2D eigenvalue weighted by Crippen LogP contribution is -2.20. The lowest BCUT2D eigenvalue weighted by molar-refractivity contribution is -0.120. The van der Waals surface area contributed by atoms with Gasteiger partial charge in [-0.05, 0) is 42.8 Å². The van der Waals surface area contributed by atoms with Gasteiger partial charge in [0, 0.05) is 11.4 Å². The van der Waals surface area contributed by atoms with Crippen LogP contribution < -0.4 is 15.8 Å². The second-order valence-electron chi connectivity index (χ2n) is 4.84. The summed E-state index contributed by atoms with van der Waals surface area (Å²) in [5, 5.41) is 2.79. The Hall–Kier alpha value is -2.53. The number of anilines is 2. The first-order valence-electron chi connectivity index (χ1n) is 7.07. The summed E-state index contributed by atoms with van der Waals surface area (Å²) in [5.74, 6) is 0.584. The van der Waals surface area contributed by atoms with Crippen LogP contribution in [0.4, 0.5) is 11.4 Å². The largest absolute Gasteiger partial charge is 0.491 e. The minimum absolute atomic E-state index is 0.0119. The lowest BCUT2D eigenvalue weighted by Gasteiger charge is -2.10. The summed E-state index contributed by atoms with van der Waals surface area (Å²) in [6.45, 7) is 2.63. The van der Waals surface area contributed by atoms with E-state index in [0.717, 1.165) is 17.0 Å². The zero-order chi connectivity index (χ0) is 15.8. The van der Waals surface area contributed by atoms with Gasteiger partial charge >= 0.3 is 0 Å². The van der Waals surface area contributed by atoms with Crippen LogP contribution in [0.5, 0.6) is 5.75 Å². The first-order chi connectivity index (χ1) is 10.6. The molecule has 0 saturated carbocycles. The van der Waals surface area contributed by atoms with Gasteiger partial charge in [0.05, 0.1) is 6.61 Å². The standard InChI is InChI=1S/C17H20N2O3/c1-13-11-14(18)7-8-16(13)19-17(20)12-21-9-10-22-15-5-3-2-4-6-15/h2-8,11H,9-10,12,18H2,1H3,(H,19,20). The molecule has 0 aromatic heterocycles. The van der Waals surface area contributed by atoms with Crippen molar-refractivity contribution in [2.24, 2.45) is 0 Å².